The topological polar surface area (TPSA) is 125 Å². The Balaban J connectivity index is 0.829. The number of allylic oxidation sites excluding steroid dienone is 3. The Morgan fingerprint density at radius 1 is 0.979 bits per heavy atom. The second kappa shape index (κ2) is 14.5. The molecule has 1 atom stereocenters. The highest BCUT2D eigenvalue weighted by Crippen LogP contribution is 2.29. The van der Waals surface area contributed by atoms with Gasteiger partial charge in [-0.15, -0.1) is 0 Å². The number of hydrogen-bond donors (Lipinski definition) is 3. The van der Waals surface area contributed by atoms with E-state index in [1.807, 2.05) is 36.8 Å². The summed E-state index contributed by atoms with van der Waals surface area (Å²) in [5, 5.41) is 14.2. The summed E-state index contributed by atoms with van der Waals surface area (Å²) >= 11 is 0. The van der Waals surface area contributed by atoms with E-state index < -0.39 is 0 Å². The Bertz CT molecular complexity index is 1800. The summed E-state index contributed by atoms with van der Waals surface area (Å²) in [7, 11) is 2.18. The third-order valence-electron chi connectivity index (χ3n) is 9.80. The van der Waals surface area contributed by atoms with E-state index in [0.29, 0.717) is 24.7 Å². The van der Waals surface area contributed by atoms with Gasteiger partial charge in [0.05, 0.1) is 35.7 Å². The van der Waals surface area contributed by atoms with E-state index in [1.165, 1.54) is 5.70 Å². The zero-order valence-corrected chi connectivity index (χ0v) is 27.5. The molecule has 2 aliphatic heterocycles. The highest BCUT2D eigenvalue weighted by Gasteiger charge is 2.30. The molecule has 2 amide bonds. The van der Waals surface area contributed by atoms with Gasteiger partial charge in [0, 0.05) is 75.5 Å². The summed E-state index contributed by atoms with van der Waals surface area (Å²) in [5.41, 5.74) is 6.13. The lowest BCUT2D eigenvalue weighted by atomic mass is 9.85. The highest BCUT2D eigenvalue weighted by atomic mass is 16.2. The molecule has 1 unspecified atom stereocenters. The van der Waals surface area contributed by atoms with Gasteiger partial charge in [0.1, 0.15) is 0 Å². The van der Waals surface area contributed by atoms with Gasteiger partial charge in [-0.3, -0.25) is 24.0 Å². The zero-order valence-electron chi connectivity index (χ0n) is 27.5. The van der Waals surface area contributed by atoms with Crippen LogP contribution in [0.4, 0.5) is 11.5 Å². The molecule has 12 nitrogen and oxygen atoms in total. The van der Waals surface area contributed by atoms with Crippen molar-refractivity contribution in [2.24, 2.45) is 5.92 Å². The SMILES string of the molecule is CN(CCNC1=CC=C(C2CCC(=O)NC2=O)CC1)CCN1CCC(n2cc(Nc3ncc(-c4ccccc4)n4ccnc34)cn2)CC1. The van der Waals surface area contributed by atoms with E-state index in [9.17, 15) is 9.59 Å². The van der Waals surface area contributed by atoms with Gasteiger partial charge in [0.25, 0.3) is 0 Å². The number of anilines is 2. The Morgan fingerprint density at radius 3 is 2.62 bits per heavy atom. The molecule has 0 saturated carbocycles. The molecule has 12 heteroatoms. The number of likely N-dealkylation sites (tertiary alicyclic amines) is 1. The minimum atomic E-state index is -0.160. The third kappa shape index (κ3) is 7.34. The molecular formula is C36H44N10O2. The third-order valence-corrected chi connectivity index (χ3v) is 9.80. The Morgan fingerprint density at radius 2 is 1.83 bits per heavy atom. The van der Waals surface area contributed by atoms with Crippen molar-refractivity contribution in [1.82, 2.24) is 44.6 Å². The lowest BCUT2D eigenvalue weighted by Gasteiger charge is -2.33. The summed E-state index contributed by atoms with van der Waals surface area (Å²) in [5.74, 6) is 0.243. The quantitative estimate of drug-likeness (QED) is 0.194. The Labute approximate surface area is 280 Å². The second-order valence-corrected chi connectivity index (χ2v) is 13.1. The van der Waals surface area contributed by atoms with Crippen molar-refractivity contribution in [2.75, 3.05) is 51.6 Å². The van der Waals surface area contributed by atoms with Crippen LogP contribution in [0, 0.1) is 5.92 Å². The molecule has 7 rings (SSSR count). The van der Waals surface area contributed by atoms with Crippen LogP contribution in [0.15, 0.2) is 84.7 Å². The molecule has 3 aliphatic rings. The van der Waals surface area contributed by atoms with Gasteiger partial charge in [0.2, 0.25) is 11.8 Å². The van der Waals surface area contributed by atoms with Crippen LogP contribution in [0.5, 0.6) is 0 Å². The lowest BCUT2D eigenvalue weighted by molar-refractivity contribution is -0.135. The van der Waals surface area contributed by atoms with Crippen LogP contribution in [0.2, 0.25) is 0 Å². The van der Waals surface area contributed by atoms with Gasteiger partial charge in [-0.05, 0) is 45.2 Å². The van der Waals surface area contributed by atoms with Crippen LogP contribution in [-0.4, -0.2) is 92.1 Å². The number of amides is 2. The number of imidazole rings is 1. The molecule has 0 spiro atoms. The molecule has 2 saturated heterocycles. The summed E-state index contributed by atoms with van der Waals surface area (Å²) in [6.45, 7) is 6.06. The summed E-state index contributed by atoms with van der Waals surface area (Å²) < 4.78 is 4.16. The van der Waals surface area contributed by atoms with Crippen LogP contribution in [0.3, 0.4) is 0 Å². The number of hydrogen-bond acceptors (Lipinski definition) is 9. The number of nitrogens with zero attached hydrogens (tertiary/aromatic N) is 7. The fourth-order valence-electron chi connectivity index (χ4n) is 6.95. The van der Waals surface area contributed by atoms with E-state index in [2.05, 4.69) is 77.3 Å². The van der Waals surface area contributed by atoms with Crippen LogP contribution in [-0.2, 0) is 9.59 Å². The van der Waals surface area contributed by atoms with E-state index in [0.717, 1.165) is 93.1 Å². The molecule has 0 radical (unpaired) electrons. The fourth-order valence-corrected chi connectivity index (χ4v) is 6.95. The molecule has 1 aromatic carbocycles. The lowest BCUT2D eigenvalue weighted by Crippen LogP contribution is -2.41. The normalized spacial score (nSPS) is 19.3. The first-order valence-corrected chi connectivity index (χ1v) is 17.1. The van der Waals surface area contributed by atoms with E-state index in [-0.39, 0.29) is 17.7 Å². The van der Waals surface area contributed by atoms with Crippen LogP contribution in [0.25, 0.3) is 16.9 Å². The number of imide groups is 1. The van der Waals surface area contributed by atoms with Crippen molar-refractivity contribution >= 4 is 29.0 Å². The van der Waals surface area contributed by atoms with Crippen molar-refractivity contribution in [3.05, 3.63) is 84.7 Å². The van der Waals surface area contributed by atoms with Gasteiger partial charge in [-0.1, -0.05) is 42.0 Å². The molecule has 0 bridgehead atoms. The molecule has 48 heavy (non-hydrogen) atoms. The number of likely N-dealkylation sites (N-methyl/N-ethyl adjacent to an activating group) is 1. The first-order chi connectivity index (χ1) is 23.5. The minimum Gasteiger partial charge on any atom is -0.387 e. The molecular weight excluding hydrogens is 604 g/mol. The molecule has 250 valence electrons. The number of carbonyl (C=O) groups excluding carboxylic acids is 2. The van der Waals surface area contributed by atoms with Crippen molar-refractivity contribution in [2.45, 2.75) is 44.6 Å². The summed E-state index contributed by atoms with van der Waals surface area (Å²) in [6.07, 6.45) is 18.7. The van der Waals surface area contributed by atoms with Crippen LogP contribution >= 0.6 is 0 Å². The average Bonchev–Trinajstić information content (AvgIpc) is 3.80. The van der Waals surface area contributed by atoms with E-state index in [1.54, 1.807) is 6.20 Å². The number of aromatic nitrogens is 5. The molecule has 5 heterocycles. The first kappa shape index (κ1) is 31.8. The second-order valence-electron chi connectivity index (χ2n) is 13.1. The monoisotopic (exact) mass is 648 g/mol. The van der Waals surface area contributed by atoms with Crippen LogP contribution < -0.4 is 16.0 Å². The fraction of sp³-hybridized carbons (Fsp3) is 0.417. The van der Waals surface area contributed by atoms with Gasteiger partial charge >= 0.3 is 0 Å². The number of benzene rings is 1. The van der Waals surface area contributed by atoms with E-state index >= 15 is 0 Å². The predicted molar refractivity (Wildman–Crippen MR) is 185 cm³/mol. The number of nitrogens with one attached hydrogen (secondary N) is 3. The predicted octanol–water partition coefficient (Wildman–Crippen LogP) is 4.15. The van der Waals surface area contributed by atoms with Gasteiger partial charge in [0.15, 0.2) is 11.5 Å². The van der Waals surface area contributed by atoms with Crippen LogP contribution in [0.1, 0.15) is 44.6 Å². The van der Waals surface area contributed by atoms with Gasteiger partial charge < -0.3 is 20.4 Å². The summed E-state index contributed by atoms with van der Waals surface area (Å²) in [6, 6.07) is 10.6. The van der Waals surface area contributed by atoms with Gasteiger partial charge in [-0.2, -0.15) is 5.10 Å². The largest absolute Gasteiger partial charge is 0.387 e. The molecule has 3 N–H and O–H groups in total. The molecule has 1 aliphatic carbocycles. The highest BCUT2D eigenvalue weighted by molar-refractivity contribution is 5.99. The van der Waals surface area contributed by atoms with Crippen molar-refractivity contribution < 1.29 is 9.59 Å². The molecule has 3 aromatic heterocycles. The number of rotatable bonds is 12. The minimum absolute atomic E-state index is 0.146. The maximum absolute atomic E-state index is 12.2. The van der Waals surface area contributed by atoms with E-state index in [4.69, 9.17) is 10.1 Å². The van der Waals surface area contributed by atoms with Crippen molar-refractivity contribution in [3.8, 4) is 11.3 Å². The standard InChI is InChI=1S/C36H44N10O2/c1-43(19-15-37-28-9-7-26(8-10-28)31-11-12-33(47)42-36(31)48)21-22-44-17-13-30(14-18-44)46-25-29(23-40-46)41-34-35-38-16-20-45(35)32(24-39-34)27-5-3-2-4-6-27/h2-7,9,16,20,23-25,30-31,37H,8,10-15,17-19,21-22H2,1H3,(H,39,41)(H,42,47,48). The Hall–Kier alpha value is -4.81. The summed E-state index contributed by atoms with van der Waals surface area (Å²) in [4.78, 5) is 37.9. The van der Waals surface area contributed by atoms with Gasteiger partial charge in [-0.25, -0.2) is 9.97 Å². The number of piperidine rings is 2. The number of carbonyl (C=O) groups is 2. The maximum atomic E-state index is 12.2. The Kier molecular flexibility index (Phi) is 9.62. The van der Waals surface area contributed by atoms with Crippen molar-refractivity contribution in [3.63, 3.8) is 0 Å². The smallest absolute Gasteiger partial charge is 0.233 e. The maximum Gasteiger partial charge on any atom is 0.233 e. The molecule has 4 aromatic rings. The first-order valence-electron chi connectivity index (χ1n) is 17.1. The van der Waals surface area contributed by atoms with Crippen molar-refractivity contribution in [1.29, 1.82) is 0 Å². The average molecular weight is 649 g/mol. The molecule has 2 fully saturated rings. The number of fused-ring (bicyclic) bond motifs is 1. The zero-order chi connectivity index (χ0) is 32.9.